The zero-order valence-electron chi connectivity index (χ0n) is 12.5. The maximum atomic E-state index is 12.0. The largest absolute Gasteiger partial charge is 0.465 e. The van der Waals surface area contributed by atoms with Crippen LogP contribution in [0.4, 0.5) is 11.4 Å². The molecule has 5 heteroatoms. The zero-order valence-corrected chi connectivity index (χ0v) is 12.5. The van der Waals surface area contributed by atoms with E-state index < -0.39 is 5.97 Å². The molecule has 0 atom stereocenters. The highest BCUT2D eigenvalue weighted by Crippen LogP contribution is 2.34. The van der Waals surface area contributed by atoms with Crippen LogP contribution < -0.4 is 10.6 Å². The summed E-state index contributed by atoms with van der Waals surface area (Å²) in [4.78, 5) is 14.1. The van der Waals surface area contributed by atoms with E-state index in [4.69, 9.17) is 10.5 Å². The number of methoxy groups -OCH3 is 1. The molecule has 21 heavy (non-hydrogen) atoms. The molecule has 1 aromatic rings. The average molecular weight is 292 g/mol. The molecule has 0 spiro atoms. The third-order valence-corrected chi connectivity index (χ3v) is 4.12. The number of aliphatic hydroxyl groups excluding tert-OH is 1. The molecule has 0 radical (unpaired) electrons. The number of nitrogens with zero attached hydrogens (tertiary/aromatic N) is 1. The van der Waals surface area contributed by atoms with Crippen molar-refractivity contribution < 1.29 is 14.6 Å². The highest BCUT2D eigenvalue weighted by molar-refractivity contribution is 5.99. The number of benzene rings is 1. The molecule has 0 heterocycles. The normalized spacial score (nSPS) is 15.7. The first-order valence-corrected chi connectivity index (χ1v) is 7.53. The van der Waals surface area contributed by atoms with Crippen LogP contribution in [0, 0.1) is 0 Å². The molecule has 0 bridgehead atoms. The second-order valence-corrected chi connectivity index (χ2v) is 5.44. The summed E-state index contributed by atoms with van der Waals surface area (Å²) in [6.07, 6.45) is 5.72. The highest BCUT2D eigenvalue weighted by Gasteiger charge is 2.26. The van der Waals surface area contributed by atoms with Gasteiger partial charge in [-0.3, -0.25) is 0 Å². The van der Waals surface area contributed by atoms with Gasteiger partial charge in [-0.1, -0.05) is 25.3 Å². The molecule has 5 nitrogen and oxygen atoms in total. The van der Waals surface area contributed by atoms with Crippen LogP contribution in [0.1, 0.15) is 42.5 Å². The molecule has 2 rings (SSSR count). The van der Waals surface area contributed by atoms with E-state index in [0.29, 0.717) is 29.5 Å². The quantitative estimate of drug-likeness (QED) is 0.642. The summed E-state index contributed by atoms with van der Waals surface area (Å²) in [6.45, 7) is 0.508. The number of rotatable bonds is 5. The van der Waals surface area contributed by atoms with Crippen molar-refractivity contribution in [1.82, 2.24) is 0 Å². The predicted molar refractivity (Wildman–Crippen MR) is 83.5 cm³/mol. The van der Waals surface area contributed by atoms with Crippen molar-refractivity contribution >= 4 is 17.3 Å². The molecule has 1 fully saturated rings. The van der Waals surface area contributed by atoms with Gasteiger partial charge < -0.3 is 20.5 Å². The minimum absolute atomic E-state index is 0.0332. The summed E-state index contributed by atoms with van der Waals surface area (Å²) in [5.74, 6) is -0.393. The minimum Gasteiger partial charge on any atom is -0.465 e. The Morgan fingerprint density at radius 1 is 1.38 bits per heavy atom. The van der Waals surface area contributed by atoms with Crippen LogP contribution in [0.5, 0.6) is 0 Å². The van der Waals surface area contributed by atoms with E-state index in [-0.39, 0.29) is 6.61 Å². The molecule has 0 unspecified atom stereocenters. The zero-order chi connectivity index (χ0) is 15.2. The number of nitrogen functional groups attached to an aromatic ring is 1. The molecule has 0 aromatic heterocycles. The standard InChI is InChI=1S/C16H24N2O3/c1-21-16(20)13-8-5-9-14(17)15(13)18(10-11-19)12-6-3-2-4-7-12/h5,8-9,12,19H,2-4,6-7,10-11,17H2,1H3. The second kappa shape index (κ2) is 7.31. The predicted octanol–water partition coefficient (Wildman–Crippen LogP) is 2.19. The van der Waals surface area contributed by atoms with Crippen molar-refractivity contribution in [3.63, 3.8) is 0 Å². The average Bonchev–Trinajstić information content (AvgIpc) is 2.53. The molecule has 0 aliphatic heterocycles. The van der Waals surface area contributed by atoms with Gasteiger partial charge in [-0.2, -0.15) is 0 Å². The fourth-order valence-corrected chi connectivity index (χ4v) is 3.13. The summed E-state index contributed by atoms with van der Waals surface area (Å²) >= 11 is 0. The lowest BCUT2D eigenvalue weighted by Gasteiger charge is -2.37. The monoisotopic (exact) mass is 292 g/mol. The lowest BCUT2D eigenvalue weighted by atomic mass is 9.93. The van der Waals surface area contributed by atoms with Crippen LogP contribution in [0.15, 0.2) is 18.2 Å². The Bertz CT molecular complexity index is 484. The van der Waals surface area contributed by atoms with Gasteiger partial charge in [0.05, 0.1) is 30.7 Å². The molecular weight excluding hydrogens is 268 g/mol. The lowest BCUT2D eigenvalue weighted by molar-refractivity contribution is 0.0601. The fourth-order valence-electron chi connectivity index (χ4n) is 3.13. The van der Waals surface area contributed by atoms with Gasteiger partial charge >= 0.3 is 5.97 Å². The first-order valence-electron chi connectivity index (χ1n) is 7.53. The Balaban J connectivity index is 2.40. The molecule has 0 saturated heterocycles. The van der Waals surface area contributed by atoms with E-state index in [1.165, 1.54) is 26.4 Å². The third-order valence-electron chi connectivity index (χ3n) is 4.12. The molecule has 1 aliphatic rings. The third kappa shape index (κ3) is 3.47. The molecule has 3 N–H and O–H groups in total. The first-order chi connectivity index (χ1) is 10.2. The number of carbonyl (C=O) groups excluding carboxylic acids is 1. The molecule has 116 valence electrons. The Hall–Kier alpha value is -1.75. The maximum absolute atomic E-state index is 12.0. The van der Waals surface area contributed by atoms with Crippen molar-refractivity contribution in [2.24, 2.45) is 0 Å². The van der Waals surface area contributed by atoms with Gasteiger partial charge in [0, 0.05) is 12.6 Å². The molecule has 1 aromatic carbocycles. The highest BCUT2D eigenvalue weighted by atomic mass is 16.5. The Morgan fingerprint density at radius 3 is 2.71 bits per heavy atom. The number of hydrogen-bond donors (Lipinski definition) is 2. The molecule has 0 amide bonds. The van der Waals surface area contributed by atoms with Crippen molar-refractivity contribution in [2.45, 2.75) is 38.1 Å². The van der Waals surface area contributed by atoms with Gasteiger partial charge in [0.25, 0.3) is 0 Å². The van der Waals surface area contributed by atoms with Crippen LogP contribution >= 0.6 is 0 Å². The van der Waals surface area contributed by atoms with Crippen LogP contribution in [0.3, 0.4) is 0 Å². The van der Waals surface area contributed by atoms with E-state index in [1.54, 1.807) is 18.2 Å². The van der Waals surface area contributed by atoms with Crippen molar-refractivity contribution in [1.29, 1.82) is 0 Å². The van der Waals surface area contributed by atoms with Crippen molar-refractivity contribution in [2.75, 3.05) is 30.9 Å². The number of carbonyl (C=O) groups is 1. The summed E-state index contributed by atoms with van der Waals surface area (Å²) in [7, 11) is 1.37. The topological polar surface area (TPSA) is 75.8 Å². The fraction of sp³-hybridized carbons (Fsp3) is 0.562. The van der Waals surface area contributed by atoms with Gasteiger partial charge in [-0.05, 0) is 25.0 Å². The second-order valence-electron chi connectivity index (χ2n) is 5.44. The van der Waals surface area contributed by atoms with Crippen LogP contribution in [0.2, 0.25) is 0 Å². The van der Waals surface area contributed by atoms with Gasteiger partial charge in [0.15, 0.2) is 0 Å². The van der Waals surface area contributed by atoms with Crippen molar-refractivity contribution in [3.8, 4) is 0 Å². The number of aliphatic hydroxyl groups is 1. The summed E-state index contributed by atoms with van der Waals surface area (Å²) in [6, 6.07) is 5.59. The van der Waals surface area contributed by atoms with E-state index in [9.17, 15) is 9.90 Å². The molecular formula is C16H24N2O3. The van der Waals surface area contributed by atoms with E-state index in [1.807, 2.05) is 0 Å². The Labute approximate surface area is 125 Å². The minimum atomic E-state index is -0.393. The maximum Gasteiger partial charge on any atom is 0.340 e. The smallest absolute Gasteiger partial charge is 0.340 e. The Kier molecular flexibility index (Phi) is 5.44. The SMILES string of the molecule is COC(=O)c1cccc(N)c1N(CCO)C1CCCCC1. The summed E-state index contributed by atoms with van der Waals surface area (Å²) < 4.78 is 4.86. The Morgan fingerprint density at radius 2 is 2.10 bits per heavy atom. The van der Waals surface area contributed by atoms with E-state index >= 15 is 0 Å². The van der Waals surface area contributed by atoms with E-state index in [0.717, 1.165) is 12.8 Å². The lowest BCUT2D eigenvalue weighted by Crippen LogP contribution is -2.40. The number of esters is 1. The molecule has 1 aliphatic carbocycles. The molecule has 1 saturated carbocycles. The summed E-state index contributed by atoms with van der Waals surface area (Å²) in [5.41, 5.74) is 7.84. The summed E-state index contributed by atoms with van der Waals surface area (Å²) in [5, 5.41) is 9.41. The van der Waals surface area contributed by atoms with Gasteiger partial charge in [-0.25, -0.2) is 4.79 Å². The van der Waals surface area contributed by atoms with Crippen LogP contribution in [0.25, 0.3) is 0 Å². The van der Waals surface area contributed by atoms with Crippen molar-refractivity contribution in [3.05, 3.63) is 23.8 Å². The van der Waals surface area contributed by atoms with Gasteiger partial charge in [0.2, 0.25) is 0 Å². The van der Waals surface area contributed by atoms with E-state index in [2.05, 4.69) is 4.90 Å². The van der Waals surface area contributed by atoms with Crippen LogP contribution in [-0.2, 0) is 4.74 Å². The first kappa shape index (κ1) is 15.6. The number of hydrogen-bond acceptors (Lipinski definition) is 5. The number of nitrogens with two attached hydrogens (primary N) is 1. The number of ether oxygens (including phenoxy) is 1. The van der Waals surface area contributed by atoms with Gasteiger partial charge in [0.1, 0.15) is 0 Å². The van der Waals surface area contributed by atoms with Crippen LogP contribution in [-0.4, -0.2) is 37.4 Å². The number of para-hydroxylation sites is 1. The number of anilines is 2. The van der Waals surface area contributed by atoms with Gasteiger partial charge in [-0.15, -0.1) is 0 Å².